The Morgan fingerprint density at radius 1 is 1.24 bits per heavy atom. The first kappa shape index (κ1) is 23.6. The van der Waals surface area contributed by atoms with E-state index in [9.17, 15) is 8.96 Å². The zero-order chi connectivity index (χ0) is 23.6. The van der Waals surface area contributed by atoms with E-state index in [2.05, 4.69) is 10.1 Å². The lowest BCUT2D eigenvalue weighted by molar-refractivity contribution is -0.187. The van der Waals surface area contributed by atoms with Crippen LogP contribution < -0.4 is 10.3 Å². The predicted molar refractivity (Wildman–Crippen MR) is 118 cm³/mol. The Kier molecular flexibility index (Phi) is 6.69. The molecule has 1 aliphatic rings. The van der Waals surface area contributed by atoms with Crippen LogP contribution in [0.25, 0.3) is 5.52 Å². The average molecular weight is 480 g/mol. The van der Waals surface area contributed by atoms with Gasteiger partial charge in [-0.1, -0.05) is 18.2 Å². The second-order valence-corrected chi connectivity index (χ2v) is 9.03. The van der Waals surface area contributed by atoms with E-state index in [1.165, 1.54) is 13.4 Å². The van der Waals surface area contributed by atoms with Gasteiger partial charge in [0, 0.05) is 7.11 Å². The van der Waals surface area contributed by atoms with Crippen molar-refractivity contribution in [3.05, 3.63) is 54.5 Å². The Balaban J connectivity index is 1.61. The summed E-state index contributed by atoms with van der Waals surface area (Å²) in [6, 6.07) is 12.0. The third-order valence-corrected chi connectivity index (χ3v) is 6.21. The van der Waals surface area contributed by atoms with E-state index in [1.54, 1.807) is 60.8 Å². The van der Waals surface area contributed by atoms with Gasteiger partial charge in [0.15, 0.2) is 11.6 Å². The first-order valence-electron chi connectivity index (χ1n) is 10.2. The lowest BCUT2D eigenvalue weighted by atomic mass is 9.93. The van der Waals surface area contributed by atoms with Crippen molar-refractivity contribution in [3.8, 4) is 5.75 Å². The predicted octanol–water partition coefficient (Wildman–Crippen LogP) is 3.34. The van der Waals surface area contributed by atoms with Crippen molar-refractivity contribution in [2.75, 3.05) is 26.1 Å². The van der Waals surface area contributed by atoms with Crippen LogP contribution in [0.5, 0.6) is 5.75 Å². The van der Waals surface area contributed by atoms with Crippen LogP contribution in [0.4, 0.5) is 10.2 Å². The standard InChI is InChI=1S/C21H26FN4O6P/c1-20(2)30-17(15-9-10-16-19(23)24-13-25-26(15)16)18(31-20)21(11-22,28-3)12-29-33(27)32-14-7-5-4-6-8-14/h4-10,13,17-18,33H,11-12H2,1-3H3,(H2,23,24,25)/t17-,18-,21+/m0/s1. The van der Waals surface area contributed by atoms with E-state index in [1.807, 2.05) is 0 Å². The number of nitrogen functional groups attached to an aromatic ring is 1. The van der Waals surface area contributed by atoms with Crippen LogP contribution in [0.3, 0.4) is 0 Å². The maximum Gasteiger partial charge on any atom is 0.367 e. The minimum atomic E-state index is -3.00. The second kappa shape index (κ2) is 9.36. The van der Waals surface area contributed by atoms with Gasteiger partial charge in [0.05, 0.1) is 12.3 Å². The molecule has 0 radical (unpaired) electrons. The average Bonchev–Trinajstić information content (AvgIpc) is 3.37. The van der Waals surface area contributed by atoms with Crippen molar-refractivity contribution < 1.29 is 32.2 Å². The van der Waals surface area contributed by atoms with Gasteiger partial charge in [0.1, 0.15) is 42.1 Å². The fourth-order valence-electron chi connectivity index (χ4n) is 3.77. The Hall–Kier alpha value is -2.56. The van der Waals surface area contributed by atoms with Gasteiger partial charge in [-0.05, 0) is 38.1 Å². The molecule has 1 saturated heterocycles. The molecule has 2 aromatic heterocycles. The van der Waals surface area contributed by atoms with Crippen molar-refractivity contribution in [2.24, 2.45) is 0 Å². The number of ether oxygens (including phenoxy) is 3. The van der Waals surface area contributed by atoms with E-state index in [0.717, 1.165) is 0 Å². The van der Waals surface area contributed by atoms with Gasteiger partial charge in [-0.2, -0.15) is 5.10 Å². The smallest absolute Gasteiger partial charge is 0.367 e. The summed E-state index contributed by atoms with van der Waals surface area (Å²) in [5, 5.41) is 4.24. The van der Waals surface area contributed by atoms with Crippen LogP contribution >= 0.6 is 8.25 Å². The molecule has 3 heterocycles. The molecular weight excluding hydrogens is 454 g/mol. The number of halogens is 1. The molecule has 4 atom stereocenters. The molecular formula is C21H26FN4O6P. The molecule has 0 bridgehead atoms. The minimum Gasteiger partial charge on any atom is -0.426 e. The van der Waals surface area contributed by atoms with Gasteiger partial charge >= 0.3 is 8.25 Å². The number of nitrogens with zero attached hydrogens (tertiary/aromatic N) is 3. The van der Waals surface area contributed by atoms with Crippen LogP contribution in [0, 0.1) is 0 Å². The zero-order valence-corrected chi connectivity index (χ0v) is 19.4. The molecule has 1 fully saturated rings. The van der Waals surface area contributed by atoms with E-state index in [0.29, 0.717) is 17.0 Å². The summed E-state index contributed by atoms with van der Waals surface area (Å²) < 4.78 is 57.0. The van der Waals surface area contributed by atoms with Crippen LogP contribution in [-0.2, 0) is 23.3 Å². The number of anilines is 1. The van der Waals surface area contributed by atoms with Crippen LogP contribution in [0.2, 0.25) is 0 Å². The highest BCUT2D eigenvalue weighted by molar-refractivity contribution is 7.33. The number of methoxy groups -OCH3 is 1. The van der Waals surface area contributed by atoms with Crippen LogP contribution in [-0.4, -0.2) is 52.5 Å². The summed E-state index contributed by atoms with van der Waals surface area (Å²) in [7, 11) is -1.66. The van der Waals surface area contributed by atoms with Crippen molar-refractivity contribution in [2.45, 2.75) is 37.4 Å². The monoisotopic (exact) mass is 480 g/mol. The van der Waals surface area contributed by atoms with Crippen molar-refractivity contribution in [1.82, 2.24) is 14.6 Å². The second-order valence-electron chi connectivity index (χ2n) is 8.03. The van der Waals surface area contributed by atoms with Crippen LogP contribution in [0.1, 0.15) is 25.6 Å². The van der Waals surface area contributed by atoms with Gasteiger partial charge in [0.25, 0.3) is 0 Å². The maximum atomic E-state index is 14.6. The van der Waals surface area contributed by atoms with Gasteiger partial charge in [-0.25, -0.2) is 18.5 Å². The molecule has 3 aromatic rings. The lowest BCUT2D eigenvalue weighted by Crippen LogP contribution is -2.52. The normalized spacial score (nSPS) is 22.8. The number of alkyl halides is 1. The fourth-order valence-corrected chi connectivity index (χ4v) is 4.52. The zero-order valence-electron chi connectivity index (χ0n) is 18.4. The van der Waals surface area contributed by atoms with E-state index in [4.69, 9.17) is 29.0 Å². The third kappa shape index (κ3) is 4.73. The highest BCUT2D eigenvalue weighted by atomic mass is 31.1. The molecule has 1 unspecified atom stereocenters. The van der Waals surface area contributed by atoms with Gasteiger partial charge < -0.3 is 24.5 Å². The Morgan fingerprint density at radius 2 is 2.00 bits per heavy atom. The highest BCUT2D eigenvalue weighted by Crippen LogP contribution is 2.45. The largest absolute Gasteiger partial charge is 0.426 e. The number of rotatable bonds is 9. The number of hydrogen-bond donors (Lipinski definition) is 1. The summed E-state index contributed by atoms with van der Waals surface area (Å²) in [6.45, 7) is 2.02. The highest BCUT2D eigenvalue weighted by Gasteiger charge is 2.55. The number of nitrogens with two attached hydrogens (primary N) is 1. The Morgan fingerprint density at radius 3 is 2.70 bits per heavy atom. The summed E-state index contributed by atoms with van der Waals surface area (Å²) in [4.78, 5) is 3.98. The SMILES string of the molecule is CO[C@](CF)(CO[PH](=O)Oc1ccccc1)[C@H]1OC(C)(C)O[C@H]1c1ccc2c(N)ncnn12. The molecule has 10 nitrogen and oxygen atoms in total. The van der Waals surface area contributed by atoms with E-state index >= 15 is 0 Å². The maximum absolute atomic E-state index is 14.6. The number of benzene rings is 1. The first-order chi connectivity index (χ1) is 15.8. The molecule has 2 N–H and O–H groups in total. The Bertz CT molecular complexity index is 1120. The van der Waals surface area contributed by atoms with Gasteiger partial charge in [-0.3, -0.25) is 4.52 Å². The molecule has 178 valence electrons. The summed E-state index contributed by atoms with van der Waals surface area (Å²) in [6.07, 6.45) is -0.451. The molecule has 0 aliphatic carbocycles. The van der Waals surface area contributed by atoms with Crippen molar-refractivity contribution in [3.63, 3.8) is 0 Å². The fraction of sp³-hybridized carbons (Fsp3) is 0.429. The van der Waals surface area contributed by atoms with Gasteiger partial charge in [0.2, 0.25) is 0 Å². The minimum absolute atomic E-state index is 0.287. The van der Waals surface area contributed by atoms with Crippen LogP contribution in [0.15, 0.2) is 48.8 Å². The summed E-state index contributed by atoms with van der Waals surface area (Å²) >= 11 is 0. The number of aromatic nitrogens is 3. The number of hydrogen-bond acceptors (Lipinski definition) is 9. The molecule has 1 aromatic carbocycles. The molecule has 33 heavy (non-hydrogen) atoms. The summed E-state index contributed by atoms with van der Waals surface area (Å²) in [5.74, 6) is -0.404. The first-order valence-corrected chi connectivity index (χ1v) is 11.5. The van der Waals surface area contributed by atoms with E-state index in [-0.39, 0.29) is 5.82 Å². The lowest BCUT2D eigenvalue weighted by Gasteiger charge is -2.36. The number of para-hydroxylation sites is 1. The molecule has 0 amide bonds. The van der Waals surface area contributed by atoms with Crippen molar-refractivity contribution in [1.29, 1.82) is 0 Å². The molecule has 4 rings (SSSR count). The van der Waals surface area contributed by atoms with Crippen molar-refractivity contribution >= 4 is 19.6 Å². The molecule has 0 saturated carbocycles. The quantitative estimate of drug-likeness (QED) is 0.460. The van der Waals surface area contributed by atoms with Gasteiger partial charge in [-0.15, -0.1) is 0 Å². The Labute approximate surface area is 190 Å². The topological polar surface area (TPSA) is 119 Å². The third-order valence-electron chi connectivity index (χ3n) is 5.43. The van der Waals surface area contributed by atoms with E-state index < -0.39 is 45.1 Å². The number of fused-ring (bicyclic) bond motifs is 1. The molecule has 1 aliphatic heterocycles. The summed E-state index contributed by atoms with van der Waals surface area (Å²) in [5.41, 5.74) is 5.44. The molecule has 12 heteroatoms. The molecule has 0 spiro atoms.